The van der Waals surface area contributed by atoms with Crippen LogP contribution in [-0.2, 0) is 6.54 Å². The fourth-order valence-corrected chi connectivity index (χ4v) is 3.09. The molecule has 0 aliphatic carbocycles. The highest BCUT2D eigenvalue weighted by Gasteiger charge is 2.30. The Balaban J connectivity index is 1.59. The van der Waals surface area contributed by atoms with E-state index in [0.29, 0.717) is 6.42 Å². The number of nitrogens with zero attached hydrogens (tertiary/aromatic N) is 3. The van der Waals surface area contributed by atoms with Crippen molar-refractivity contribution in [1.82, 2.24) is 9.88 Å². The van der Waals surface area contributed by atoms with Crippen molar-refractivity contribution in [2.45, 2.75) is 31.3 Å². The summed E-state index contributed by atoms with van der Waals surface area (Å²) in [6.45, 7) is 2.86. The van der Waals surface area contributed by atoms with Crippen molar-refractivity contribution in [2.24, 2.45) is 5.73 Å². The van der Waals surface area contributed by atoms with Gasteiger partial charge in [-0.15, -0.1) is 0 Å². The Kier molecular flexibility index (Phi) is 4.71. The molecule has 0 saturated carbocycles. The molecular formula is C19H22N4. The highest BCUT2D eigenvalue weighted by Crippen LogP contribution is 2.24. The maximum atomic E-state index is 8.86. The van der Waals surface area contributed by atoms with Gasteiger partial charge in [-0.1, -0.05) is 30.3 Å². The molecular weight excluding hydrogens is 284 g/mol. The van der Waals surface area contributed by atoms with Gasteiger partial charge in [0.25, 0.3) is 0 Å². The molecule has 23 heavy (non-hydrogen) atoms. The first-order valence-corrected chi connectivity index (χ1v) is 8.06. The Bertz CT molecular complexity index is 665. The third-order valence-electron chi connectivity index (χ3n) is 4.64. The van der Waals surface area contributed by atoms with Crippen molar-refractivity contribution in [3.05, 3.63) is 54.4 Å². The zero-order valence-corrected chi connectivity index (χ0v) is 13.3. The molecule has 1 aromatic heterocycles. The average molecular weight is 306 g/mol. The van der Waals surface area contributed by atoms with Gasteiger partial charge in [0.15, 0.2) is 0 Å². The van der Waals surface area contributed by atoms with Crippen molar-refractivity contribution < 1.29 is 0 Å². The minimum absolute atomic E-state index is 0.282. The minimum atomic E-state index is -0.282. The molecule has 1 fully saturated rings. The van der Waals surface area contributed by atoms with E-state index in [0.717, 1.165) is 38.0 Å². The van der Waals surface area contributed by atoms with Crippen molar-refractivity contribution >= 4 is 0 Å². The predicted octanol–water partition coefficient (Wildman–Crippen LogP) is 2.96. The number of rotatable bonds is 4. The summed E-state index contributed by atoms with van der Waals surface area (Å²) < 4.78 is 0. The van der Waals surface area contributed by atoms with Gasteiger partial charge in [-0.3, -0.25) is 9.88 Å². The Morgan fingerprint density at radius 1 is 1.13 bits per heavy atom. The van der Waals surface area contributed by atoms with Gasteiger partial charge in [-0.25, -0.2) is 0 Å². The van der Waals surface area contributed by atoms with Gasteiger partial charge in [0.2, 0.25) is 0 Å². The van der Waals surface area contributed by atoms with E-state index in [-0.39, 0.29) is 5.54 Å². The van der Waals surface area contributed by atoms with Crippen molar-refractivity contribution in [1.29, 1.82) is 5.26 Å². The number of likely N-dealkylation sites (tertiary alicyclic amines) is 1. The third-order valence-corrected chi connectivity index (χ3v) is 4.64. The topological polar surface area (TPSA) is 65.9 Å². The predicted molar refractivity (Wildman–Crippen MR) is 91.3 cm³/mol. The van der Waals surface area contributed by atoms with E-state index >= 15 is 0 Å². The van der Waals surface area contributed by atoms with Crippen LogP contribution < -0.4 is 5.73 Å². The number of pyridine rings is 1. The molecule has 4 heteroatoms. The maximum Gasteiger partial charge on any atom is 0.0641 e. The monoisotopic (exact) mass is 306 g/mol. The summed E-state index contributed by atoms with van der Waals surface area (Å²) in [4.78, 5) is 6.58. The molecule has 2 heterocycles. The van der Waals surface area contributed by atoms with Crippen LogP contribution in [0.1, 0.15) is 24.8 Å². The zero-order valence-electron chi connectivity index (χ0n) is 13.3. The first-order chi connectivity index (χ1) is 11.2. The van der Waals surface area contributed by atoms with Crippen molar-refractivity contribution in [2.75, 3.05) is 13.1 Å². The molecule has 0 bridgehead atoms. The lowest BCUT2D eigenvalue weighted by molar-refractivity contribution is 0.157. The van der Waals surface area contributed by atoms with Crippen LogP contribution in [0.4, 0.5) is 0 Å². The van der Waals surface area contributed by atoms with Crippen molar-refractivity contribution in [3.8, 4) is 17.2 Å². The molecule has 0 spiro atoms. The summed E-state index contributed by atoms with van der Waals surface area (Å²) in [6, 6.07) is 14.9. The number of hydrogen-bond donors (Lipinski definition) is 1. The maximum absolute atomic E-state index is 8.86. The second-order valence-electron chi connectivity index (χ2n) is 6.41. The first kappa shape index (κ1) is 15.7. The van der Waals surface area contributed by atoms with Crippen LogP contribution in [0.5, 0.6) is 0 Å². The average Bonchev–Trinajstić information content (AvgIpc) is 2.59. The summed E-state index contributed by atoms with van der Waals surface area (Å²) >= 11 is 0. The third kappa shape index (κ3) is 3.95. The summed E-state index contributed by atoms with van der Waals surface area (Å²) in [5, 5.41) is 8.86. The quantitative estimate of drug-likeness (QED) is 0.943. The molecule has 3 rings (SSSR count). The van der Waals surface area contributed by atoms with Crippen LogP contribution in [0, 0.1) is 11.3 Å². The number of hydrogen-bond acceptors (Lipinski definition) is 4. The second kappa shape index (κ2) is 6.91. The van der Waals surface area contributed by atoms with E-state index in [2.05, 4.69) is 46.3 Å². The van der Waals surface area contributed by atoms with E-state index in [1.54, 1.807) is 6.20 Å². The van der Waals surface area contributed by atoms with Crippen LogP contribution in [0.25, 0.3) is 11.1 Å². The number of benzene rings is 1. The first-order valence-electron chi connectivity index (χ1n) is 8.06. The lowest BCUT2D eigenvalue weighted by atomic mass is 9.86. The van der Waals surface area contributed by atoms with Gasteiger partial charge < -0.3 is 5.73 Å². The molecule has 4 nitrogen and oxygen atoms in total. The fourth-order valence-electron chi connectivity index (χ4n) is 3.09. The Morgan fingerprint density at radius 3 is 2.48 bits per heavy atom. The van der Waals surface area contributed by atoms with Crippen LogP contribution in [0.3, 0.4) is 0 Å². The second-order valence-corrected chi connectivity index (χ2v) is 6.41. The Hall–Kier alpha value is -2.22. The summed E-state index contributed by atoms with van der Waals surface area (Å²) in [7, 11) is 0. The van der Waals surface area contributed by atoms with Crippen molar-refractivity contribution in [3.63, 3.8) is 0 Å². The highest BCUT2D eigenvalue weighted by atomic mass is 15.1. The zero-order chi connectivity index (χ0) is 16.1. The molecule has 1 aromatic carbocycles. The van der Waals surface area contributed by atoms with Crippen LogP contribution in [0.15, 0.2) is 48.8 Å². The highest BCUT2D eigenvalue weighted by molar-refractivity contribution is 5.62. The van der Waals surface area contributed by atoms with E-state index in [4.69, 9.17) is 11.0 Å². The molecule has 2 N–H and O–H groups in total. The van der Waals surface area contributed by atoms with Gasteiger partial charge in [0.05, 0.1) is 12.5 Å². The van der Waals surface area contributed by atoms with E-state index in [1.165, 1.54) is 11.1 Å². The van der Waals surface area contributed by atoms with Gasteiger partial charge >= 0.3 is 0 Å². The standard InChI is InChI=1S/C19H22N4/c20-10-7-19(21)8-12-23(13-9-19)15-16-3-5-17(6-4-16)18-2-1-11-22-14-18/h1-6,11,14H,7-9,12-13,15,21H2. The lowest BCUT2D eigenvalue weighted by Gasteiger charge is -2.37. The number of aromatic nitrogens is 1. The van der Waals surface area contributed by atoms with Crippen LogP contribution >= 0.6 is 0 Å². The smallest absolute Gasteiger partial charge is 0.0641 e. The molecule has 0 atom stereocenters. The number of nitriles is 1. The summed E-state index contributed by atoms with van der Waals surface area (Å²) in [5.41, 5.74) is 9.61. The molecule has 2 aromatic rings. The normalized spacial score (nSPS) is 17.6. The molecule has 0 amide bonds. The number of piperidine rings is 1. The molecule has 0 unspecified atom stereocenters. The van der Waals surface area contributed by atoms with Crippen LogP contribution in [0.2, 0.25) is 0 Å². The largest absolute Gasteiger partial charge is 0.324 e. The van der Waals surface area contributed by atoms with E-state index in [1.807, 2.05) is 12.3 Å². The van der Waals surface area contributed by atoms with E-state index < -0.39 is 0 Å². The summed E-state index contributed by atoms with van der Waals surface area (Å²) in [6.07, 6.45) is 5.93. The molecule has 1 saturated heterocycles. The lowest BCUT2D eigenvalue weighted by Crippen LogP contribution is -2.49. The van der Waals surface area contributed by atoms with E-state index in [9.17, 15) is 0 Å². The molecule has 1 aliphatic heterocycles. The van der Waals surface area contributed by atoms with Crippen LogP contribution in [-0.4, -0.2) is 28.5 Å². The Labute approximate surface area is 137 Å². The fraction of sp³-hybridized carbons (Fsp3) is 0.368. The van der Waals surface area contributed by atoms with Gasteiger partial charge in [0, 0.05) is 37.6 Å². The molecule has 1 aliphatic rings. The van der Waals surface area contributed by atoms with Gasteiger partial charge in [0.1, 0.15) is 0 Å². The minimum Gasteiger partial charge on any atom is -0.324 e. The molecule has 118 valence electrons. The Morgan fingerprint density at radius 2 is 1.87 bits per heavy atom. The summed E-state index contributed by atoms with van der Waals surface area (Å²) in [5.74, 6) is 0. The SMILES string of the molecule is N#CCC1(N)CCN(Cc2ccc(-c3cccnc3)cc2)CC1. The van der Waals surface area contributed by atoms with Gasteiger partial charge in [-0.2, -0.15) is 5.26 Å². The number of nitrogens with two attached hydrogens (primary N) is 1. The van der Waals surface area contributed by atoms with Gasteiger partial charge in [-0.05, 0) is 35.6 Å². The molecule has 0 radical (unpaired) electrons.